The molecule has 0 saturated heterocycles. The third-order valence-corrected chi connectivity index (χ3v) is 5.81. The van der Waals surface area contributed by atoms with E-state index in [1.807, 2.05) is 0 Å². The Morgan fingerprint density at radius 3 is 1.62 bits per heavy atom. The number of unbranched alkanes of at least 4 members (excludes halogenated alkanes) is 12. The predicted octanol–water partition coefficient (Wildman–Crippen LogP) is 7.99. The summed E-state index contributed by atoms with van der Waals surface area (Å²) >= 11 is 0. The fraction of sp³-hybridized carbons (Fsp3) is 0.885. The van der Waals surface area contributed by atoms with Crippen LogP contribution in [0.5, 0.6) is 0 Å². The summed E-state index contributed by atoms with van der Waals surface area (Å²) in [7, 11) is 0. The first-order chi connectivity index (χ1) is 14.2. The minimum absolute atomic E-state index is 0.287. The lowest BCUT2D eigenvalue weighted by Crippen LogP contribution is -2.42. The average Bonchev–Trinajstić information content (AvgIpc) is 2.71. The minimum atomic E-state index is -0.630. The van der Waals surface area contributed by atoms with Crippen molar-refractivity contribution in [2.24, 2.45) is 0 Å². The molecule has 3 nitrogen and oxygen atoms in total. The zero-order valence-electron chi connectivity index (χ0n) is 20.0. The van der Waals surface area contributed by atoms with Crippen molar-refractivity contribution in [3.63, 3.8) is 0 Å². The van der Waals surface area contributed by atoms with Crippen LogP contribution in [0.2, 0.25) is 0 Å². The van der Waals surface area contributed by atoms with E-state index in [-0.39, 0.29) is 6.04 Å². The number of aliphatic carboxylic acids is 1. The molecule has 0 aliphatic carbocycles. The Hall–Kier alpha value is -0.830. The zero-order valence-corrected chi connectivity index (χ0v) is 20.0. The van der Waals surface area contributed by atoms with Crippen molar-refractivity contribution in [2.75, 3.05) is 13.1 Å². The van der Waals surface area contributed by atoms with Crippen LogP contribution in [0.25, 0.3) is 0 Å². The molecule has 0 saturated carbocycles. The van der Waals surface area contributed by atoms with Gasteiger partial charge in [-0.1, -0.05) is 97.1 Å². The summed E-state index contributed by atoms with van der Waals surface area (Å²) in [6.07, 6.45) is 25.2. The monoisotopic (exact) mass is 409 g/mol. The van der Waals surface area contributed by atoms with Crippen molar-refractivity contribution in [1.82, 2.24) is 4.90 Å². The highest BCUT2D eigenvalue weighted by atomic mass is 16.4. The highest BCUT2D eigenvalue weighted by Crippen LogP contribution is 2.15. The number of hydrogen-bond donors (Lipinski definition) is 1. The van der Waals surface area contributed by atoms with Crippen LogP contribution in [0, 0.1) is 0 Å². The molecule has 0 radical (unpaired) electrons. The van der Waals surface area contributed by atoms with Gasteiger partial charge >= 0.3 is 5.97 Å². The molecule has 0 aliphatic heterocycles. The van der Waals surface area contributed by atoms with Crippen molar-refractivity contribution in [1.29, 1.82) is 0 Å². The molecule has 1 unspecified atom stereocenters. The molecule has 0 fully saturated rings. The van der Waals surface area contributed by atoms with Crippen LogP contribution in [0.3, 0.4) is 0 Å². The number of nitrogens with zero attached hydrogens (tertiary/aromatic N) is 1. The van der Waals surface area contributed by atoms with E-state index >= 15 is 0 Å². The Labute approximate surface area is 182 Å². The standard InChI is InChI=1S/C26H51NO2/c1-4-7-10-11-12-13-14-15-16-17-18-19-20-21-22-25(26(28)29)27(23-8-5-2)24-9-6-3/h15-16,25H,4-14,17-24H2,1-3H3,(H,28,29)/b16-15-. The molecule has 1 N–H and O–H groups in total. The molecule has 0 aromatic heterocycles. The number of carbonyl (C=O) groups is 1. The highest BCUT2D eigenvalue weighted by molar-refractivity contribution is 5.73. The van der Waals surface area contributed by atoms with E-state index < -0.39 is 5.97 Å². The van der Waals surface area contributed by atoms with Crippen LogP contribution in [-0.2, 0) is 4.79 Å². The van der Waals surface area contributed by atoms with Gasteiger partial charge < -0.3 is 5.11 Å². The maximum Gasteiger partial charge on any atom is 0.320 e. The van der Waals surface area contributed by atoms with Gasteiger partial charge in [-0.25, -0.2) is 0 Å². The Kier molecular flexibility index (Phi) is 21.2. The van der Waals surface area contributed by atoms with E-state index in [4.69, 9.17) is 0 Å². The van der Waals surface area contributed by atoms with Crippen LogP contribution >= 0.6 is 0 Å². The van der Waals surface area contributed by atoms with Crippen molar-refractivity contribution in [2.45, 2.75) is 136 Å². The van der Waals surface area contributed by atoms with Gasteiger partial charge in [0.05, 0.1) is 0 Å². The number of allylic oxidation sites excluding steroid dienone is 2. The Balaban J connectivity index is 3.84. The van der Waals surface area contributed by atoms with E-state index in [1.165, 1.54) is 64.2 Å². The van der Waals surface area contributed by atoms with Gasteiger partial charge in [-0.15, -0.1) is 0 Å². The maximum absolute atomic E-state index is 11.8. The smallest absolute Gasteiger partial charge is 0.320 e. The first-order valence-corrected chi connectivity index (χ1v) is 12.8. The zero-order chi connectivity index (χ0) is 21.6. The summed E-state index contributed by atoms with van der Waals surface area (Å²) in [6.45, 7) is 8.47. The lowest BCUT2D eigenvalue weighted by molar-refractivity contribution is -0.143. The largest absolute Gasteiger partial charge is 0.480 e. The Bertz CT molecular complexity index is 373. The van der Waals surface area contributed by atoms with Crippen LogP contribution in [-0.4, -0.2) is 35.1 Å². The highest BCUT2D eigenvalue weighted by Gasteiger charge is 2.24. The van der Waals surface area contributed by atoms with Crippen molar-refractivity contribution < 1.29 is 9.90 Å². The fourth-order valence-electron chi connectivity index (χ4n) is 3.84. The van der Waals surface area contributed by atoms with Gasteiger partial charge in [0, 0.05) is 0 Å². The second-order valence-corrected chi connectivity index (χ2v) is 8.62. The average molecular weight is 410 g/mol. The first-order valence-electron chi connectivity index (χ1n) is 12.8. The van der Waals surface area contributed by atoms with E-state index in [0.717, 1.165) is 58.0 Å². The van der Waals surface area contributed by atoms with E-state index in [0.29, 0.717) is 0 Å². The summed E-state index contributed by atoms with van der Waals surface area (Å²) < 4.78 is 0. The van der Waals surface area contributed by atoms with E-state index in [1.54, 1.807) is 0 Å². The fourth-order valence-corrected chi connectivity index (χ4v) is 3.84. The first kappa shape index (κ1) is 28.2. The number of rotatable bonds is 22. The molecule has 0 amide bonds. The minimum Gasteiger partial charge on any atom is -0.480 e. The third-order valence-electron chi connectivity index (χ3n) is 5.81. The SMILES string of the molecule is CCCCCCCC/C=C\CCCCCCC(C(=O)O)N(CCCC)CCCC. The Morgan fingerprint density at radius 2 is 1.14 bits per heavy atom. The lowest BCUT2D eigenvalue weighted by atomic mass is 10.0. The predicted molar refractivity (Wildman–Crippen MR) is 128 cm³/mol. The second-order valence-electron chi connectivity index (χ2n) is 8.62. The molecule has 0 aliphatic rings. The number of carboxylic acids is 1. The maximum atomic E-state index is 11.8. The number of carboxylic acid groups (broad SMARTS) is 1. The lowest BCUT2D eigenvalue weighted by Gasteiger charge is -2.28. The Morgan fingerprint density at radius 1 is 0.690 bits per heavy atom. The van der Waals surface area contributed by atoms with Gasteiger partial charge in [-0.2, -0.15) is 0 Å². The van der Waals surface area contributed by atoms with Crippen LogP contribution in [0.15, 0.2) is 12.2 Å². The summed E-state index contributed by atoms with van der Waals surface area (Å²) in [5, 5.41) is 9.70. The van der Waals surface area contributed by atoms with Gasteiger partial charge in [0.1, 0.15) is 6.04 Å². The van der Waals surface area contributed by atoms with Gasteiger partial charge in [0.25, 0.3) is 0 Å². The van der Waals surface area contributed by atoms with Gasteiger partial charge in [0.15, 0.2) is 0 Å². The summed E-state index contributed by atoms with van der Waals surface area (Å²) in [5.74, 6) is -0.630. The molecule has 0 spiro atoms. The van der Waals surface area contributed by atoms with E-state index in [9.17, 15) is 9.90 Å². The van der Waals surface area contributed by atoms with Crippen LogP contribution < -0.4 is 0 Å². The van der Waals surface area contributed by atoms with Gasteiger partial charge in [0.2, 0.25) is 0 Å². The summed E-state index contributed by atoms with van der Waals surface area (Å²) in [5.41, 5.74) is 0. The molecule has 29 heavy (non-hydrogen) atoms. The second kappa shape index (κ2) is 21.9. The van der Waals surface area contributed by atoms with Gasteiger partial charge in [-0.05, 0) is 58.0 Å². The molecule has 0 aromatic carbocycles. The molecule has 172 valence electrons. The summed E-state index contributed by atoms with van der Waals surface area (Å²) in [6, 6.07) is -0.287. The van der Waals surface area contributed by atoms with Crippen molar-refractivity contribution in [3.8, 4) is 0 Å². The molecule has 0 rings (SSSR count). The quantitative estimate of drug-likeness (QED) is 0.145. The third kappa shape index (κ3) is 17.7. The van der Waals surface area contributed by atoms with Crippen molar-refractivity contribution in [3.05, 3.63) is 12.2 Å². The topological polar surface area (TPSA) is 40.5 Å². The van der Waals surface area contributed by atoms with Crippen molar-refractivity contribution >= 4 is 5.97 Å². The van der Waals surface area contributed by atoms with E-state index in [2.05, 4.69) is 37.8 Å². The van der Waals surface area contributed by atoms with Crippen LogP contribution in [0.4, 0.5) is 0 Å². The number of hydrogen-bond acceptors (Lipinski definition) is 2. The van der Waals surface area contributed by atoms with Gasteiger partial charge in [-0.3, -0.25) is 9.69 Å². The normalized spacial score (nSPS) is 12.8. The molecular weight excluding hydrogens is 358 g/mol. The molecule has 3 heteroatoms. The van der Waals surface area contributed by atoms with Crippen LogP contribution in [0.1, 0.15) is 130 Å². The molecular formula is C26H51NO2. The molecule has 0 bridgehead atoms. The molecule has 0 aromatic rings. The molecule has 1 atom stereocenters. The summed E-state index contributed by atoms with van der Waals surface area (Å²) in [4.78, 5) is 14.0. The molecule has 0 heterocycles.